The van der Waals surface area contributed by atoms with E-state index in [1.54, 1.807) is 12.1 Å². The van der Waals surface area contributed by atoms with Crippen LogP contribution >= 0.6 is 11.6 Å². The van der Waals surface area contributed by atoms with Crippen molar-refractivity contribution in [1.82, 2.24) is 0 Å². The van der Waals surface area contributed by atoms with Crippen LogP contribution in [-0.4, -0.2) is 9.85 Å². The third-order valence-electron chi connectivity index (χ3n) is 5.10. The van der Waals surface area contributed by atoms with Crippen LogP contribution in [0.1, 0.15) is 29.5 Å². The van der Waals surface area contributed by atoms with Gasteiger partial charge in [-0.05, 0) is 29.5 Å². The highest BCUT2D eigenvalue weighted by molar-refractivity contribution is 6.32. The van der Waals surface area contributed by atoms with Gasteiger partial charge in [-0.3, -0.25) is 20.2 Å². The molecule has 3 unspecified atom stereocenters. The Hall–Kier alpha value is -2.93. The quantitative estimate of drug-likeness (QED) is 0.466. The fourth-order valence-corrected chi connectivity index (χ4v) is 4.14. The molecule has 2 aromatic carbocycles. The predicted octanol–water partition coefficient (Wildman–Crippen LogP) is 4.98. The van der Waals surface area contributed by atoms with Gasteiger partial charge in [0.15, 0.2) is 0 Å². The highest BCUT2D eigenvalue weighted by atomic mass is 35.5. The zero-order valence-corrected chi connectivity index (χ0v) is 14.2. The van der Waals surface area contributed by atoms with E-state index in [4.69, 9.17) is 11.6 Å². The maximum absolute atomic E-state index is 11.4. The molecule has 7 nitrogen and oxygen atoms in total. The molecule has 26 heavy (non-hydrogen) atoms. The Kier molecular flexibility index (Phi) is 3.88. The van der Waals surface area contributed by atoms with Crippen LogP contribution in [0, 0.1) is 26.1 Å². The van der Waals surface area contributed by atoms with E-state index in [9.17, 15) is 20.2 Å². The smallest absolute Gasteiger partial charge is 0.292 e. The first-order valence-corrected chi connectivity index (χ1v) is 8.49. The highest BCUT2D eigenvalue weighted by Gasteiger charge is 2.40. The number of halogens is 1. The van der Waals surface area contributed by atoms with Crippen molar-refractivity contribution in [3.05, 3.63) is 84.9 Å². The molecule has 4 rings (SSSR count). The second kappa shape index (κ2) is 6.10. The lowest BCUT2D eigenvalue weighted by atomic mass is 9.76. The summed E-state index contributed by atoms with van der Waals surface area (Å²) >= 11 is 5.93. The molecule has 2 aromatic rings. The maximum Gasteiger partial charge on any atom is 0.292 e. The van der Waals surface area contributed by atoms with Crippen molar-refractivity contribution in [2.45, 2.75) is 18.4 Å². The molecule has 2 aliphatic rings. The van der Waals surface area contributed by atoms with Gasteiger partial charge in [-0.1, -0.05) is 42.0 Å². The Morgan fingerprint density at radius 2 is 1.85 bits per heavy atom. The summed E-state index contributed by atoms with van der Waals surface area (Å²) in [5, 5.41) is 26.0. The van der Waals surface area contributed by atoms with Crippen molar-refractivity contribution >= 4 is 28.7 Å². The molecule has 0 saturated carbocycles. The molecule has 132 valence electrons. The van der Waals surface area contributed by atoms with Gasteiger partial charge in [0, 0.05) is 18.1 Å². The van der Waals surface area contributed by atoms with E-state index in [0.29, 0.717) is 11.3 Å². The molecule has 1 heterocycles. The standard InChI is InChI=1S/C18H14ClN3O4/c19-14-8-7-10(9-16(14)22(25)26)17-12-4-1-3-11(12)13-5-2-6-15(21(23)24)18(13)20-17/h1-3,5-9,11-12,17,20H,4H2. The summed E-state index contributed by atoms with van der Waals surface area (Å²) in [5.74, 6) is 0.163. The molecule has 0 saturated heterocycles. The van der Waals surface area contributed by atoms with Crippen molar-refractivity contribution < 1.29 is 9.85 Å². The lowest BCUT2D eigenvalue weighted by Crippen LogP contribution is -2.29. The van der Waals surface area contributed by atoms with Crippen molar-refractivity contribution in [3.63, 3.8) is 0 Å². The van der Waals surface area contributed by atoms with Crippen molar-refractivity contribution in [3.8, 4) is 0 Å². The van der Waals surface area contributed by atoms with E-state index in [-0.39, 0.29) is 34.3 Å². The van der Waals surface area contributed by atoms with E-state index in [2.05, 4.69) is 17.5 Å². The predicted molar refractivity (Wildman–Crippen MR) is 97.6 cm³/mol. The van der Waals surface area contributed by atoms with Crippen molar-refractivity contribution in [2.24, 2.45) is 5.92 Å². The lowest BCUT2D eigenvalue weighted by molar-refractivity contribution is -0.384. The summed E-state index contributed by atoms with van der Waals surface area (Å²) in [7, 11) is 0. The van der Waals surface area contributed by atoms with E-state index in [1.807, 2.05) is 6.07 Å². The van der Waals surface area contributed by atoms with E-state index >= 15 is 0 Å². The second-order valence-electron chi connectivity index (χ2n) is 6.44. The Bertz CT molecular complexity index is 959. The number of nitrogens with zero attached hydrogens (tertiary/aromatic N) is 2. The third kappa shape index (κ3) is 2.52. The van der Waals surface area contributed by atoms with E-state index in [1.165, 1.54) is 18.2 Å². The number of benzene rings is 2. The first kappa shape index (κ1) is 16.5. The zero-order valence-electron chi connectivity index (χ0n) is 13.5. The molecule has 0 bridgehead atoms. The largest absolute Gasteiger partial charge is 0.372 e. The first-order chi connectivity index (χ1) is 12.5. The number of hydrogen-bond donors (Lipinski definition) is 1. The van der Waals surface area contributed by atoms with Gasteiger partial charge in [-0.2, -0.15) is 0 Å². The topological polar surface area (TPSA) is 98.3 Å². The van der Waals surface area contributed by atoms with Crippen molar-refractivity contribution in [1.29, 1.82) is 0 Å². The fraction of sp³-hybridized carbons (Fsp3) is 0.222. The molecule has 0 amide bonds. The summed E-state index contributed by atoms with van der Waals surface area (Å²) in [5.41, 5.74) is 1.91. The number of hydrogen-bond acceptors (Lipinski definition) is 5. The number of rotatable bonds is 3. The molecule has 1 aliphatic carbocycles. The minimum Gasteiger partial charge on any atom is -0.372 e. The van der Waals surface area contributed by atoms with Crippen LogP contribution in [0.15, 0.2) is 48.6 Å². The number of nitro benzene ring substituents is 2. The molecule has 0 spiro atoms. The third-order valence-corrected chi connectivity index (χ3v) is 5.42. The molecule has 0 radical (unpaired) electrons. The van der Waals surface area contributed by atoms with Crippen LogP contribution in [-0.2, 0) is 0 Å². The van der Waals surface area contributed by atoms with E-state index < -0.39 is 9.85 Å². The van der Waals surface area contributed by atoms with E-state index in [0.717, 1.165) is 12.0 Å². The molecule has 1 aliphatic heterocycles. The van der Waals surface area contributed by atoms with Crippen LogP contribution < -0.4 is 5.32 Å². The number of nitro groups is 2. The first-order valence-electron chi connectivity index (χ1n) is 8.11. The number of anilines is 1. The summed E-state index contributed by atoms with van der Waals surface area (Å²) in [6, 6.07) is 9.46. The van der Waals surface area contributed by atoms with Gasteiger partial charge in [-0.25, -0.2) is 0 Å². The summed E-state index contributed by atoms with van der Waals surface area (Å²) < 4.78 is 0. The van der Waals surface area contributed by atoms with Crippen molar-refractivity contribution in [2.75, 3.05) is 5.32 Å². The van der Waals surface area contributed by atoms with Gasteiger partial charge in [0.05, 0.1) is 15.9 Å². The second-order valence-corrected chi connectivity index (χ2v) is 6.85. The SMILES string of the molecule is O=[N+]([O-])c1cc(C2Nc3c(cccc3[N+](=O)[O-])C3C=CCC32)ccc1Cl. The Morgan fingerprint density at radius 3 is 2.58 bits per heavy atom. The Morgan fingerprint density at radius 1 is 1.08 bits per heavy atom. The Labute approximate surface area is 153 Å². The molecule has 1 N–H and O–H groups in total. The lowest BCUT2D eigenvalue weighted by Gasteiger charge is -2.37. The van der Waals surface area contributed by atoms with Crippen LogP contribution in [0.2, 0.25) is 5.02 Å². The van der Waals surface area contributed by atoms with Crippen LogP contribution in [0.5, 0.6) is 0 Å². The number of para-hydroxylation sites is 1. The monoisotopic (exact) mass is 371 g/mol. The zero-order chi connectivity index (χ0) is 18.4. The molecule has 0 aromatic heterocycles. The summed E-state index contributed by atoms with van der Waals surface area (Å²) in [6.45, 7) is 0. The number of fused-ring (bicyclic) bond motifs is 3. The minimum absolute atomic E-state index is 0.00899. The molecular weight excluding hydrogens is 358 g/mol. The van der Waals surface area contributed by atoms with Gasteiger partial charge in [-0.15, -0.1) is 0 Å². The summed E-state index contributed by atoms with van der Waals surface area (Å²) in [4.78, 5) is 21.7. The molecule has 8 heteroatoms. The van der Waals surface area contributed by atoms with Gasteiger partial charge >= 0.3 is 0 Å². The Balaban J connectivity index is 1.84. The van der Waals surface area contributed by atoms with Crippen LogP contribution in [0.4, 0.5) is 17.1 Å². The van der Waals surface area contributed by atoms with Crippen LogP contribution in [0.3, 0.4) is 0 Å². The molecular formula is C18H14ClN3O4. The maximum atomic E-state index is 11.4. The number of allylic oxidation sites excluding steroid dienone is 2. The van der Waals surface area contributed by atoms with Gasteiger partial charge in [0.25, 0.3) is 11.4 Å². The van der Waals surface area contributed by atoms with Gasteiger partial charge < -0.3 is 5.32 Å². The fourth-order valence-electron chi connectivity index (χ4n) is 3.95. The molecule has 0 fully saturated rings. The molecule has 3 atom stereocenters. The average Bonchev–Trinajstić information content (AvgIpc) is 3.10. The average molecular weight is 372 g/mol. The summed E-state index contributed by atoms with van der Waals surface area (Å²) in [6.07, 6.45) is 4.91. The van der Waals surface area contributed by atoms with Gasteiger partial charge in [0.1, 0.15) is 10.7 Å². The minimum atomic E-state index is -0.518. The van der Waals surface area contributed by atoms with Crippen LogP contribution in [0.25, 0.3) is 0 Å². The highest BCUT2D eigenvalue weighted by Crippen LogP contribution is 2.52. The van der Waals surface area contributed by atoms with Gasteiger partial charge in [0.2, 0.25) is 0 Å². The normalized spacial score (nSPS) is 23.0. The number of nitrogens with one attached hydrogen (secondary N) is 1.